The second-order valence-corrected chi connectivity index (χ2v) is 10.8. The topological polar surface area (TPSA) is 43.4 Å². The Morgan fingerprint density at radius 1 is 1.03 bits per heavy atom. The molecule has 31 heavy (non-hydrogen) atoms. The summed E-state index contributed by atoms with van der Waals surface area (Å²) < 4.78 is 5.56. The molecule has 0 spiro atoms. The van der Waals surface area contributed by atoms with Gasteiger partial charge in [-0.1, -0.05) is 55.8 Å². The number of allylic oxidation sites excluding steroid dienone is 2. The van der Waals surface area contributed by atoms with Gasteiger partial charge >= 0.3 is 5.97 Å². The number of hydrogen-bond acceptors (Lipinski definition) is 3. The predicted molar refractivity (Wildman–Crippen MR) is 122 cm³/mol. The molecule has 0 N–H and O–H groups in total. The number of benzene rings is 1. The Morgan fingerprint density at radius 3 is 2.52 bits per heavy atom. The van der Waals surface area contributed by atoms with Crippen molar-refractivity contribution in [1.29, 1.82) is 0 Å². The van der Waals surface area contributed by atoms with Crippen LogP contribution in [0.3, 0.4) is 0 Å². The van der Waals surface area contributed by atoms with Crippen molar-refractivity contribution in [1.82, 2.24) is 0 Å². The van der Waals surface area contributed by atoms with Crippen molar-refractivity contribution in [3.63, 3.8) is 0 Å². The molecular formula is C28H34O3. The summed E-state index contributed by atoms with van der Waals surface area (Å²) in [6.07, 6.45) is 11.7. The first-order valence-corrected chi connectivity index (χ1v) is 12.0. The maximum Gasteiger partial charge on any atom is 0.302 e. The number of carbonyl (C=O) groups is 2. The molecule has 3 nitrogen and oxygen atoms in total. The van der Waals surface area contributed by atoms with Crippen LogP contribution < -0.4 is 0 Å². The molecule has 1 aromatic rings. The average molecular weight is 419 g/mol. The van der Waals surface area contributed by atoms with Crippen LogP contribution in [0.2, 0.25) is 0 Å². The number of ether oxygens (including phenoxy) is 1. The first kappa shape index (κ1) is 20.7. The predicted octanol–water partition coefficient (Wildman–Crippen LogP) is 6.14. The van der Waals surface area contributed by atoms with E-state index < -0.39 is 0 Å². The molecule has 164 valence electrons. The molecule has 0 amide bonds. The fourth-order valence-electron chi connectivity index (χ4n) is 7.51. The van der Waals surface area contributed by atoms with E-state index in [-0.39, 0.29) is 22.9 Å². The summed E-state index contributed by atoms with van der Waals surface area (Å²) in [7, 11) is 0. The molecule has 0 aliphatic heterocycles. The zero-order valence-corrected chi connectivity index (χ0v) is 19.0. The Hall–Kier alpha value is -2.16. The summed E-state index contributed by atoms with van der Waals surface area (Å²) in [4.78, 5) is 25.0. The summed E-state index contributed by atoms with van der Waals surface area (Å²) in [6.45, 7) is 6.19. The van der Waals surface area contributed by atoms with E-state index in [0.29, 0.717) is 23.5 Å². The Morgan fingerprint density at radius 2 is 1.77 bits per heavy atom. The lowest BCUT2D eigenvalue weighted by atomic mass is 9.48. The highest BCUT2D eigenvalue weighted by molar-refractivity contribution is 6.05. The molecular weight excluding hydrogens is 384 g/mol. The Bertz CT molecular complexity index is 958. The lowest BCUT2D eigenvalue weighted by Gasteiger charge is -2.56. The van der Waals surface area contributed by atoms with Gasteiger partial charge in [0.15, 0.2) is 5.78 Å². The smallest absolute Gasteiger partial charge is 0.302 e. The largest absolute Gasteiger partial charge is 0.462 e. The van der Waals surface area contributed by atoms with Gasteiger partial charge in [-0.15, -0.1) is 0 Å². The van der Waals surface area contributed by atoms with Crippen LogP contribution in [0.15, 0.2) is 47.6 Å². The van der Waals surface area contributed by atoms with Gasteiger partial charge in [-0.2, -0.15) is 0 Å². The summed E-state index contributed by atoms with van der Waals surface area (Å²) >= 11 is 0. The number of rotatable bonds is 2. The van der Waals surface area contributed by atoms with Crippen LogP contribution in [0.4, 0.5) is 0 Å². The van der Waals surface area contributed by atoms with Crippen molar-refractivity contribution in [3.8, 4) is 0 Å². The van der Waals surface area contributed by atoms with Crippen molar-refractivity contribution in [3.05, 3.63) is 53.1 Å². The van der Waals surface area contributed by atoms with Crippen LogP contribution in [-0.4, -0.2) is 17.9 Å². The van der Waals surface area contributed by atoms with Crippen LogP contribution in [-0.2, 0) is 14.3 Å². The number of carbonyl (C=O) groups excluding carboxylic acids is 2. The summed E-state index contributed by atoms with van der Waals surface area (Å²) in [5.41, 5.74) is 3.64. The molecule has 6 unspecified atom stereocenters. The first-order chi connectivity index (χ1) is 14.8. The van der Waals surface area contributed by atoms with E-state index in [9.17, 15) is 9.59 Å². The molecule has 0 bridgehead atoms. The highest BCUT2D eigenvalue weighted by atomic mass is 16.5. The van der Waals surface area contributed by atoms with Crippen LogP contribution >= 0.6 is 0 Å². The maximum absolute atomic E-state index is 13.5. The maximum atomic E-state index is 13.5. The number of esters is 1. The Labute approximate surface area is 185 Å². The quantitative estimate of drug-likeness (QED) is 0.329. The summed E-state index contributed by atoms with van der Waals surface area (Å²) in [5, 5.41) is 0. The number of Topliss-reactive ketones (excluding diaryl/α,β-unsaturated/α-hetero) is 1. The zero-order chi connectivity index (χ0) is 21.8. The van der Waals surface area contributed by atoms with E-state index in [1.165, 1.54) is 12.5 Å². The molecule has 3 heteroatoms. The van der Waals surface area contributed by atoms with Crippen LogP contribution in [0, 0.1) is 28.6 Å². The highest BCUT2D eigenvalue weighted by Crippen LogP contribution is 2.64. The minimum Gasteiger partial charge on any atom is -0.462 e. The van der Waals surface area contributed by atoms with Gasteiger partial charge in [-0.05, 0) is 78.9 Å². The lowest BCUT2D eigenvalue weighted by molar-refractivity contribution is -0.148. The van der Waals surface area contributed by atoms with Crippen molar-refractivity contribution < 1.29 is 14.3 Å². The fourth-order valence-corrected chi connectivity index (χ4v) is 7.51. The van der Waals surface area contributed by atoms with E-state index in [2.05, 4.69) is 38.1 Å². The third kappa shape index (κ3) is 3.32. The second-order valence-electron chi connectivity index (χ2n) is 10.8. The van der Waals surface area contributed by atoms with Gasteiger partial charge < -0.3 is 4.74 Å². The van der Waals surface area contributed by atoms with Gasteiger partial charge in [-0.3, -0.25) is 9.59 Å². The molecule has 6 atom stereocenters. The molecule has 3 saturated carbocycles. The van der Waals surface area contributed by atoms with Gasteiger partial charge in [0, 0.05) is 18.8 Å². The monoisotopic (exact) mass is 418 g/mol. The first-order valence-electron chi connectivity index (χ1n) is 12.0. The molecule has 0 saturated heterocycles. The summed E-state index contributed by atoms with van der Waals surface area (Å²) in [5.74, 6) is 1.86. The van der Waals surface area contributed by atoms with Crippen molar-refractivity contribution >= 4 is 17.8 Å². The van der Waals surface area contributed by atoms with E-state index >= 15 is 0 Å². The minimum absolute atomic E-state index is 0.0377. The van der Waals surface area contributed by atoms with Crippen LogP contribution in [0.5, 0.6) is 0 Å². The normalized spacial score (nSPS) is 40.5. The average Bonchev–Trinajstić information content (AvgIpc) is 2.99. The Kier molecular flexibility index (Phi) is 4.99. The molecule has 0 aromatic heterocycles. The molecule has 0 heterocycles. The van der Waals surface area contributed by atoms with E-state index in [4.69, 9.17) is 4.74 Å². The number of fused-ring (bicyclic) bond motifs is 5. The van der Waals surface area contributed by atoms with Gasteiger partial charge in [-0.25, -0.2) is 0 Å². The zero-order valence-electron chi connectivity index (χ0n) is 19.0. The van der Waals surface area contributed by atoms with Gasteiger partial charge in [0.2, 0.25) is 0 Å². The standard InChI is InChI=1S/C28H34O3/c1-18(29)31-22-11-13-27(2)21(17-22)9-10-23-24(27)12-14-28(3)25(23)16-20(26(28)30)15-19-7-5-4-6-8-19/h4-9,15,22-25H,10-14,16-17H2,1-3H3/b20-15+. The van der Waals surface area contributed by atoms with Crippen LogP contribution in [0.25, 0.3) is 6.08 Å². The van der Waals surface area contributed by atoms with E-state index in [0.717, 1.165) is 56.1 Å². The molecule has 4 aliphatic carbocycles. The molecule has 5 rings (SSSR count). The molecule has 3 fully saturated rings. The number of hydrogen-bond donors (Lipinski definition) is 0. The molecule has 4 aliphatic rings. The van der Waals surface area contributed by atoms with Crippen molar-refractivity contribution in [2.75, 3.05) is 0 Å². The molecule has 1 aromatic carbocycles. The van der Waals surface area contributed by atoms with Gasteiger partial charge in [0.05, 0.1) is 0 Å². The molecule has 0 radical (unpaired) electrons. The number of ketones is 1. The second kappa shape index (κ2) is 7.46. The third-order valence-corrected chi connectivity index (χ3v) is 9.17. The van der Waals surface area contributed by atoms with Gasteiger partial charge in [0.25, 0.3) is 0 Å². The van der Waals surface area contributed by atoms with Crippen molar-refractivity contribution in [2.45, 2.75) is 71.8 Å². The minimum atomic E-state index is -0.210. The summed E-state index contributed by atoms with van der Waals surface area (Å²) in [6, 6.07) is 10.3. The van der Waals surface area contributed by atoms with E-state index in [1.54, 1.807) is 0 Å². The van der Waals surface area contributed by atoms with Crippen LogP contribution in [0.1, 0.15) is 71.3 Å². The third-order valence-electron chi connectivity index (χ3n) is 9.17. The lowest BCUT2D eigenvalue weighted by Crippen LogP contribution is -2.50. The SMILES string of the molecule is CC(=O)OC1CCC2(C)C(=CCC3C4C/C(=C\c5ccccc5)C(=O)C4(C)CCC32)C1. The van der Waals surface area contributed by atoms with Crippen molar-refractivity contribution in [2.24, 2.45) is 28.6 Å². The van der Waals surface area contributed by atoms with E-state index in [1.807, 2.05) is 18.2 Å². The highest BCUT2D eigenvalue weighted by Gasteiger charge is 2.59. The van der Waals surface area contributed by atoms with Gasteiger partial charge in [0.1, 0.15) is 6.10 Å². The Balaban J connectivity index is 1.42. The fraction of sp³-hybridized carbons (Fsp3) is 0.571.